The smallest absolute Gasteiger partial charge is 0.417 e. The van der Waals surface area contributed by atoms with Gasteiger partial charge in [-0.1, -0.05) is 0 Å². The number of anilines is 1. The molecule has 0 aliphatic carbocycles. The van der Waals surface area contributed by atoms with E-state index in [0.29, 0.717) is 37.6 Å². The van der Waals surface area contributed by atoms with Crippen LogP contribution in [0.2, 0.25) is 0 Å². The number of piperazine rings is 1. The Bertz CT molecular complexity index is 1130. The molecule has 0 spiro atoms. The van der Waals surface area contributed by atoms with Gasteiger partial charge >= 0.3 is 6.18 Å². The van der Waals surface area contributed by atoms with E-state index in [-0.39, 0.29) is 5.91 Å². The minimum absolute atomic E-state index is 0.0529. The van der Waals surface area contributed by atoms with Crippen molar-refractivity contribution in [3.05, 3.63) is 71.2 Å². The fourth-order valence-corrected chi connectivity index (χ4v) is 4.16. The van der Waals surface area contributed by atoms with Crippen LogP contribution in [0.4, 0.5) is 19.0 Å². The van der Waals surface area contributed by atoms with E-state index in [9.17, 15) is 18.0 Å². The number of aryl methyl sites for hydroxylation is 1. The number of ether oxygens (including phenoxy) is 1. The summed E-state index contributed by atoms with van der Waals surface area (Å²) in [5, 5.41) is 0. The lowest BCUT2D eigenvalue weighted by Crippen LogP contribution is -2.49. The second-order valence-electron chi connectivity index (χ2n) is 8.00. The van der Waals surface area contributed by atoms with Crippen molar-refractivity contribution < 1.29 is 22.7 Å². The number of rotatable bonds is 4. The van der Waals surface area contributed by atoms with Crippen molar-refractivity contribution in [1.82, 2.24) is 14.5 Å². The van der Waals surface area contributed by atoms with E-state index >= 15 is 0 Å². The summed E-state index contributed by atoms with van der Waals surface area (Å²) in [5.41, 5.74) is 2.63. The van der Waals surface area contributed by atoms with Gasteiger partial charge in [-0.2, -0.15) is 13.2 Å². The Balaban J connectivity index is 1.46. The van der Waals surface area contributed by atoms with Crippen LogP contribution in [-0.4, -0.2) is 53.6 Å². The highest BCUT2D eigenvalue weighted by atomic mass is 19.4. The number of nitrogens with zero attached hydrogens (tertiary/aromatic N) is 4. The van der Waals surface area contributed by atoms with Crippen molar-refractivity contribution in [3.8, 4) is 11.4 Å². The van der Waals surface area contributed by atoms with Crippen LogP contribution in [0.1, 0.15) is 27.3 Å². The van der Waals surface area contributed by atoms with E-state index in [1.54, 1.807) is 12.0 Å². The molecule has 4 rings (SSSR count). The van der Waals surface area contributed by atoms with Crippen LogP contribution < -0.4 is 9.64 Å². The van der Waals surface area contributed by atoms with E-state index in [1.165, 1.54) is 6.07 Å². The third-order valence-electron chi connectivity index (χ3n) is 5.96. The van der Waals surface area contributed by atoms with Crippen LogP contribution in [0.3, 0.4) is 0 Å². The molecule has 1 aliphatic rings. The molecule has 0 bridgehead atoms. The van der Waals surface area contributed by atoms with Gasteiger partial charge in [-0.25, -0.2) is 4.98 Å². The highest BCUT2D eigenvalue weighted by Crippen LogP contribution is 2.30. The Labute approximate surface area is 190 Å². The Morgan fingerprint density at radius 1 is 1.00 bits per heavy atom. The third kappa shape index (κ3) is 4.53. The van der Waals surface area contributed by atoms with E-state index in [4.69, 9.17) is 4.74 Å². The molecule has 0 atom stereocenters. The van der Waals surface area contributed by atoms with Crippen molar-refractivity contribution in [2.45, 2.75) is 20.0 Å². The maximum absolute atomic E-state index is 13.2. The van der Waals surface area contributed by atoms with Crippen LogP contribution in [0.5, 0.6) is 5.75 Å². The van der Waals surface area contributed by atoms with Gasteiger partial charge in [0.05, 0.1) is 18.2 Å². The fraction of sp³-hybridized carbons (Fsp3) is 0.333. The molecule has 1 aromatic carbocycles. The zero-order valence-corrected chi connectivity index (χ0v) is 18.7. The molecule has 1 saturated heterocycles. The van der Waals surface area contributed by atoms with Gasteiger partial charge in [-0.05, 0) is 56.3 Å². The summed E-state index contributed by atoms with van der Waals surface area (Å²) in [6.45, 7) is 5.82. The Hall–Kier alpha value is -3.49. The van der Waals surface area contributed by atoms with Gasteiger partial charge < -0.3 is 19.1 Å². The highest BCUT2D eigenvalue weighted by molar-refractivity contribution is 5.96. The second kappa shape index (κ2) is 8.80. The first kappa shape index (κ1) is 22.7. The fourth-order valence-electron chi connectivity index (χ4n) is 4.16. The van der Waals surface area contributed by atoms with Gasteiger partial charge in [0, 0.05) is 49.5 Å². The van der Waals surface area contributed by atoms with E-state index in [1.807, 2.05) is 53.6 Å². The summed E-state index contributed by atoms with van der Waals surface area (Å²) in [6.07, 6.45) is -3.56. The molecule has 174 valence electrons. The van der Waals surface area contributed by atoms with Crippen molar-refractivity contribution in [3.63, 3.8) is 0 Å². The number of alkyl halides is 3. The molecule has 1 amide bonds. The van der Waals surface area contributed by atoms with Crippen molar-refractivity contribution >= 4 is 11.7 Å². The number of hydrogen-bond donors (Lipinski definition) is 0. The van der Waals surface area contributed by atoms with E-state index in [0.717, 1.165) is 35.1 Å². The molecule has 3 heterocycles. The largest absolute Gasteiger partial charge is 0.497 e. The zero-order valence-electron chi connectivity index (χ0n) is 18.7. The topological polar surface area (TPSA) is 50.6 Å². The molecule has 3 aromatic rings. The van der Waals surface area contributed by atoms with Gasteiger partial charge in [-0.3, -0.25) is 4.79 Å². The Morgan fingerprint density at radius 2 is 1.67 bits per heavy atom. The number of amides is 1. The third-order valence-corrected chi connectivity index (χ3v) is 5.96. The monoisotopic (exact) mass is 458 g/mol. The van der Waals surface area contributed by atoms with Gasteiger partial charge in [0.15, 0.2) is 0 Å². The molecular formula is C24H25F3N4O2. The minimum atomic E-state index is -4.41. The van der Waals surface area contributed by atoms with E-state index < -0.39 is 11.7 Å². The van der Waals surface area contributed by atoms with Crippen molar-refractivity contribution in [1.29, 1.82) is 0 Å². The number of carbonyl (C=O) groups is 1. The lowest BCUT2D eigenvalue weighted by Gasteiger charge is -2.35. The summed E-state index contributed by atoms with van der Waals surface area (Å²) < 4.78 is 45.5. The van der Waals surface area contributed by atoms with Gasteiger partial charge in [0.2, 0.25) is 0 Å². The molecule has 1 fully saturated rings. The first-order valence-electron chi connectivity index (χ1n) is 10.6. The van der Waals surface area contributed by atoms with Crippen molar-refractivity contribution in [2.75, 3.05) is 38.2 Å². The number of halogens is 3. The summed E-state index contributed by atoms with van der Waals surface area (Å²) in [4.78, 5) is 20.9. The average Bonchev–Trinajstić information content (AvgIpc) is 3.12. The summed E-state index contributed by atoms with van der Waals surface area (Å²) in [7, 11) is 1.62. The SMILES string of the molecule is COc1ccc(-n2c(C)cc(C(=O)N3CCN(c4ccc(C(F)(F)F)cn4)CC3)c2C)cc1. The molecule has 2 aromatic heterocycles. The number of aromatic nitrogens is 2. The minimum Gasteiger partial charge on any atom is -0.497 e. The first-order chi connectivity index (χ1) is 15.7. The normalized spacial score (nSPS) is 14.5. The maximum atomic E-state index is 13.2. The molecule has 33 heavy (non-hydrogen) atoms. The number of pyridine rings is 1. The molecule has 0 saturated carbocycles. The van der Waals surface area contributed by atoms with Gasteiger partial charge in [0.25, 0.3) is 5.91 Å². The molecular weight excluding hydrogens is 433 g/mol. The number of methoxy groups -OCH3 is 1. The Morgan fingerprint density at radius 3 is 2.21 bits per heavy atom. The predicted molar refractivity (Wildman–Crippen MR) is 119 cm³/mol. The molecule has 6 nitrogen and oxygen atoms in total. The van der Waals surface area contributed by atoms with Crippen LogP contribution in [0, 0.1) is 13.8 Å². The van der Waals surface area contributed by atoms with Gasteiger partial charge in [-0.15, -0.1) is 0 Å². The van der Waals surface area contributed by atoms with Crippen molar-refractivity contribution in [2.24, 2.45) is 0 Å². The molecule has 0 unspecified atom stereocenters. The second-order valence-corrected chi connectivity index (χ2v) is 8.00. The highest BCUT2D eigenvalue weighted by Gasteiger charge is 2.31. The lowest BCUT2D eigenvalue weighted by atomic mass is 10.2. The Kier molecular flexibility index (Phi) is 6.05. The molecule has 0 radical (unpaired) electrons. The van der Waals surface area contributed by atoms with Crippen LogP contribution in [0.15, 0.2) is 48.7 Å². The number of carbonyl (C=O) groups excluding carboxylic acids is 1. The average molecular weight is 458 g/mol. The summed E-state index contributed by atoms with van der Waals surface area (Å²) in [6, 6.07) is 12.0. The maximum Gasteiger partial charge on any atom is 0.417 e. The predicted octanol–water partition coefficient (Wildman–Crippen LogP) is 4.48. The lowest BCUT2D eigenvalue weighted by molar-refractivity contribution is -0.137. The van der Waals surface area contributed by atoms with Crippen LogP contribution in [-0.2, 0) is 6.18 Å². The molecule has 0 N–H and O–H groups in total. The van der Waals surface area contributed by atoms with Crippen LogP contribution in [0.25, 0.3) is 5.69 Å². The molecule has 9 heteroatoms. The summed E-state index contributed by atoms with van der Waals surface area (Å²) in [5.74, 6) is 1.19. The number of benzene rings is 1. The zero-order chi connectivity index (χ0) is 23.8. The van der Waals surface area contributed by atoms with E-state index in [2.05, 4.69) is 4.98 Å². The van der Waals surface area contributed by atoms with Crippen LogP contribution >= 0.6 is 0 Å². The standard InChI is InChI=1S/C24H25F3N4O2/c1-16-14-21(17(2)31(16)19-5-7-20(33-3)8-6-19)23(32)30-12-10-29(11-13-30)22-9-4-18(15-28-22)24(25,26)27/h4-9,14-15H,10-13H2,1-3H3. The molecule has 1 aliphatic heterocycles. The quantitative estimate of drug-likeness (QED) is 0.579. The first-order valence-corrected chi connectivity index (χ1v) is 10.6. The van der Waals surface area contributed by atoms with Gasteiger partial charge in [0.1, 0.15) is 11.6 Å². The number of hydrogen-bond acceptors (Lipinski definition) is 4. The summed E-state index contributed by atoms with van der Waals surface area (Å²) >= 11 is 0.